The number of hydrogen-bond donors (Lipinski definition) is 1. The van der Waals surface area contributed by atoms with Crippen LogP contribution >= 0.6 is 11.6 Å². The minimum Gasteiger partial charge on any atom is -0.372 e. The van der Waals surface area contributed by atoms with Crippen molar-refractivity contribution in [3.63, 3.8) is 0 Å². The Morgan fingerprint density at radius 1 is 1.39 bits per heavy atom. The summed E-state index contributed by atoms with van der Waals surface area (Å²) in [5.41, 5.74) is 1.55. The molecule has 0 bridgehead atoms. The first-order valence-corrected chi connectivity index (χ1v) is 8.17. The fourth-order valence-electron chi connectivity index (χ4n) is 3.49. The van der Waals surface area contributed by atoms with Crippen molar-refractivity contribution in [1.82, 2.24) is 15.1 Å². The number of fused-ring (bicyclic) bond motifs is 1. The second-order valence-electron chi connectivity index (χ2n) is 6.22. The van der Waals surface area contributed by atoms with Crippen LogP contribution < -0.4 is 4.90 Å². The maximum Gasteiger partial charge on any atom is 0.158 e. The van der Waals surface area contributed by atoms with E-state index in [1.165, 1.54) is 0 Å². The molecule has 2 unspecified atom stereocenters. The zero-order valence-electron chi connectivity index (χ0n) is 12.9. The molecule has 23 heavy (non-hydrogen) atoms. The van der Waals surface area contributed by atoms with E-state index in [0.717, 1.165) is 47.8 Å². The van der Waals surface area contributed by atoms with Gasteiger partial charge in [-0.05, 0) is 19.1 Å². The van der Waals surface area contributed by atoms with Crippen molar-refractivity contribution >= 4 is 28.2 Å². The highest BCUT2D eigenvalue weighted by atomic mass is 35.5. The number of hydrogen-bond acceptors (Lipinski definition) is 5. The number of aromatic nitrogens is 2. The van der Waals surface area contributed by atoms with Crippen molar-refractivity contribution in [3.05, 3.63) is 23.4 Å². The van der Waals surface area contributed by atoms with Gasteiger partial charge in [-0.1, -0.05) is 11.6 Å². The molecule has 3 heterocycles. The molecule has 6 nitrogen and oxygen atoms in total. The van der Waals surface area contributed by atoms with Gasteiger partial charge in [0.25, 0.3) is 0 Å². The molecule has 2 fully saturated rings. The number of aromatic amines is 1. The van der Waals surface area contributed by atoms with E-state index in [1.54, 1.807) is 6.20 Å². The van der Waals surface area contributed by atoms with Crippen LogP contribution in [0.1, 0.15) is 6.92 Å². The van der Waals surface area contributed by atoms with Crippen LogP contribution in [0.15, 0.2) is 18.3 Å². The topological polar surface area (TPSA) is 68.2 Å². The van der Waals surface area contributed by atoms with Gasteiger partial charge >= 0.3 is 0 Å². The average Bonchev–Trinajstić information content (AvgIpc) is 3.01. The largest absolute Gasteiger partial charge is 0.372 e. The summed E-state index contributed by atoms with van der Waals surface area (Å²) in [4.78, 5) is 4.52. The van der Waals surface area contributed by atoms with Gasteiger partial charge in [0.15, 0.2) is 5.54 Å². The van der Waals surface area contributed by atoms with Gasteiger partial charge in [-0.25, -0.2) is 0 Å². The molecule has 0 spiro atoms. The first kappa shape index (κ1) is 14.8. The third-order valence-corrected chi connectivity index (χ3v) is 5.41. The number of rotatable bonds is 2. The molecule has 2 aliphatic rings. The molecular formula is C16H18ClN5O. The predicted octanol–water partition coefficient (Wildman–Crippen LogP) is 2.02. The van der Waals surface area contributed by atoms with Crippen molar-refractivity contribution in [2.45, 2.75) is 18.6 Å². The van der Waals surface area contributed by atoms with E-state index in [1.807, 2.05) is 13.0 Å². The van der Waals surface area contributed by atoms with Crippen LogP contribution in [0.2, 0.25) is 5.02 Å². The van der Waals surface area contributed by atoms with Crippen LogP contribution in [-0.4, -0.2) is 59.5 Å². The Labute approximate surface area is 139 Å². The highest BCUT2D eigenvalue weighted by molar-refractivity contribution is 6.34. The molecule has 2 aromatic rings. The van der Waals surface area contributed by atoms with Crippen molar-refractivity contribution in [2.24, 2.45) is 0 Å². The minimum atomic E-state index is -0.455. The Morgan fingerprint density at radius 2 is 2.17 bits per heavy atom. The lowest BCUT2D eigenvalue weighted by Crippen LogP contribution is -2.69. The third kappa shape index (κ3) is 2.19. The number of anilines is 1. The molecule has 7 heteroatoms. The molecular weight excluding hydrogens is 314 g/mol. The number of ether oxygens (including phenoxy) is 1. The van der Waals surface area contributed by atoms with Crippen molar-refractivity contribution in [3.8, 4) is 6.07 Å². The predicted molar refractivity (Wildman–Crippen MR) is 88.6 cm³/mol. The van der Waals surface area contributed by atoms with E-state index in [4.69, 9.17) is 16.3 Å². The van der Waals surface area contributed by atoms with Gasteiger partial charge in [-0.15, -0.1) is 0 Å². The molecule has 120 valence electrons. The number of nitriles is 1. The minimum absolute atomic E-state index is 0.0241. The number of H-pyrrole nitrogens is 1. The molecule has 0 radical (unpaired) electrons. The van der Waals surface area contributed by atoms with Crippen LogP contribution in [0, 0.1) is 11.3 Å². The monoisotopic (exact) mass is 331 g/mol. The highest BCUT2D eigenvalue weighted by Gasteiger charge is 2.51. The van der Waals surface area contributed by atoms with E-state index < -0.39 is 5.54 Å². The van der Waals surface area contributed by atoms with Gasteiger partial charge < -0.3 is 9.64 Å². The molecule has 0 saturated carbocycles. The molecule has 0 amide bonds. The highest BCUT2D eigenvalue weighted by Crippen LogP contribution is 2.35. The Kier molecular flexibility index (Phi) is 3.45. The number of halogens is 1. The first-order valence-electron chi connectivity index (χ1n) is 7.79. The number of piperazine rings is 1. The van der Waals surface area contributed by atoms with E-state index >= 15 is 0 Å². The van der Waals surface area contributed by atoms with Crippen molar-refractivity contribution < 1.29 is 4.74 Å². The van der Waals surface area contributed by atoms with Crippen LogP contribution in [-0.2, 0) is 4.74 Å². The van der Waals surface area contributed by atoms with Gasteiger partial charge in [-0.2, -0.15) is 10.4 Å². The Bertz CT molecular complexity index is 776. The van der Waals surface area contributed by atoms with Crippen LogP contribution in [0.4, 0.5) is 5.69 Å². The van der Waals surface area contributed by atoms with E-state index in [0.29, 0.717) is 6.61 Å². The second-order valence-corrected chi connectivity index (χ2v) is 6.63. The average molecular weight is 332 g/mol. The van der Waals surface area contributed by atoms with Gasteiger partial charge in [0.1, 0.15) is 0 Å². The van der Waals surface area contributed by atoms with E-state index in [-0.39, 0.29) is 6.10 Å². The summed E-state index contributed by atoms with van der Waals surface area (Å²) in [5.74, 6) is 0. The number of benzene rings is 1. The summed E-state index contributed by atoms with van der Waals surface area (Å²) in [5, 5.41) is 18.4. The Balaban J connectivity index is 1.53. The first-order chi connectivity index (χ1) is 11.1. The summed E-state index contributed by atoms with van der Waals surface area (Å²) in [6.45, 7) is 5.83. The van der Waals surface area contributed by atoms with Crippen molar-refractivity contribution in [1.29, 1.82) is 5.26 Å². The molecule has 2 atom stereocenters. The molecule has 0 aliphatic carbocycles. The smallest absolute Gasteiger partial charge is 0.158 e. The second kappa shape index (κ2) is 5.38. The normalized spacial score (nSPS) is 28.6. The summed E-state index contributed by atoms with van der Waals surface area (Å²) < 4.78 is 5.45. The quantitative estimate of drug-likeness (QED) is 0.911. The summed E-state index contributed by atoms with van der Waals surface area (Å²) >= 11 is 6.44. The molecule has 2 saturated heterocycles. The van der Waals surface area contributed by atoms with Crippen LogP contribution in [0.5, 0.6) is 0 Å². The zero-order valence-corrected chi connectivity index (χ0v) is 13.7. The number of nitrogens with zero attached hydrogens (tertiary/aromatic N) is 4. The van der Waals surface area contributed by atoms with Gasteiger partial charge in [0.2, 0.25) is 0 Å². The molecule has 4 rings (SSSR count). The fraction of sp³-hybridized carbons (Fsp3) is 0.500. The van der Waals surface area contributed by atoms with Gasteiger partial charge in [0.05, 0.1) is 41.2 Å². The fourth-order valence-corrected chi connectivity index (χ4v) is 3.78. The maximum atomic E-state index is 9.56. The third-order valence-electron chi connectivity index (χ3n) is 5.11. The van der Waals surface area contributed by atoms with E-state index in [9.17, 15) is 5.26 Å². The molecule has 1 aromatic carbocycles. The van der Waals surface area contributed by atoms with E-state index in [2.05, 4.69) is 32.1 Å². The van der Waals surface area contributed by atoms with Crippen molar-refractivity contribution in [2.75, 3.05) is 37.7 Å². The van der Waals surface area contributed by atoms with Crippen LogP contribution in [0.25, 0.3) is 10.9 Å². The Hall–Kier alpha value is -1.81. The summed E-state index contributed by atoms with van der Waals surface area (Å²) in [7, 11) is 0. The summed E-state index contributed by atoms with van der Waals surface area (Å²) in [6, 6.07) is 6.46. The zero-order chi connectivity index (χ0) is 16.0. The summed E-state index contributed by atoms with van der Waals surface area (Å²) in [6.07, 6.45) is 1.75. The van der Waals surface area contributed by atoms with Crippen LogP contribution in [0.3, 0.4) is 0 Å². The molecule has 2 aliphatic heterocycles. The maximum absolute atomic E-state index is 9.56. The standard InChI is InChI=1S/C16H18ClN5O/c1-11-16(9-18,10-23-11)22-4-2-21(3-5-22)15-7-14-12(6-13(15)17)8-19-20-14/h6-8,11H,2-5,10H2,1H3,(H,19,20). The Morgan fingerprint density at radius 3 is 2.78 bits per heavy atom. The van der Waals surface area contributed by atoms with Gasteiger partial charge in [0, 0.05) is 31.6 Å². The lowest BCUT2D eigenvalue weighted by Gasteiger charge is -2.52. The lowest BCUT2D eigenvalue weighted by atomic mass is 9.88. The van der Waals surface area contributed by atoms with Gasteiger partial charge in [-0.3, -0.25) is 10.00 Å². The molecule has 1 aromatic heterocycles. The lowest BCUT2D eigenvalue weighted by molar-refractivity contribution is -0.166. The molecule has 1 N–H and O–H groups in total. The SMILES string of the molecule is CC1OCC1(C#N)N1CCN(c2cc3[nH]ncc3cc2Cl)CC1. The number of nitrogens with one attached hydrogen (secondary N) is 1.